The van der Waals surface area contributed by atoms with Crippen LogP contribution in [-0.4, -0.2) is 69.6 Å². The van der Waals surface area contributed by atoms with Gasteiger partial charge < -0.3 is 15.1 Å². The minimum Gasteiger partial charge on any atom is -0.408 e. The smallest absolute Gasteiger partial charge is 0.408 e. The Morgan fingerprint density at radius 2 is 1.87 bits per heavy atom. The Balaban J connectivity index is 1.26. The monoisotopic (exact) mass is 541 g/mol. The molecule has 2 amide bonds. The van der Waals surface area contributed by atoms with Crippen LogP contribution in [0.5, 0.6) is 0 Å². The molecule has 1 aliphatic heterocycles. The first-order valence-electron chi connectivity index (χ1n) is 12.0. The maximum absolute atomic E-state index is 13.1. The molecule has 3 aromatic heterocycles. The first-order valence-corrected chi connectivity index (χ1v) is 13.9. The molecule has 0 atom stereocenters. The molecule has 4 aromatic rings. The number of aryl methyl sites for hydroxylation is 1. The maximum Gasteiger partial charge on any atom is 0.419 e. The second-order valence-corrected chi connectivity index (χ2v) is 11.3. The minimum atomic E-state index is -3.22. The highest BCUT2D eigenvalue weighted by Crippen LogP contribution is 2.19. The predicted octanol–water partition coefficient (Wildman–Crippen LogP) is 0.506. The number of hydrogen-bond donors (Lipinski definition) is 2. The van der Waals surface area contributed by atoms with Gasteiger partial charge in [0.25, 0.3) is 11.8 Å². The number of fused-ring (bicyclic) bond motifs is 2. The van der Waals surface area contributed by atoms with Crippen LogP contribution in [0.1, 0.15) is 39.4 Å². The summed E-state index contributed by atoms with van der Waals surface area (Å²) in [7, 11) is -1.61. The van der Waals surface area contributed by atoms with Gasteiger partial charge in [0.15, 0.2) is 11.2 Å². The Morgan fingerprint density at radius 1 is 1.11 bits per heavy atom. The van der Waals surface area contributed by atoms with Crippen molar-refractivity contribution in [3.05, 3.63) is 64.0 Å². The Hall–Kier alpha value is -4.04. The summed E-state index contributed by atoms with van der Waals surface area (Å²) in [6, 6.07) is 8.16. The average molecular weight is 542 g/mol. The molecule has 0 bridgehead atoms. The molecule has 13 nitrogen and oxygen atoms in total. The Bertz CT molecular complexity index is 1700. The van der Waals surface area contributed by atoms with Crippen molar-refractivity contribution >= 4 is 38.6 Å². The van der Waals surface area contributed by atoms with Crippen LogP contribution < -0.4 is 16.4 Å². The summed E-state index contributed by atoms with van der Waals surface area (Å²) < 4.78 is 32.8. The molecule has 5 rings (SSSR count). The van der Waals surface area contributed by atoms with Crippen LogP contribution in [0.4, 0.5) is 0 Å². The van der Waals surface area contributed by atoms with E-state index in [1.165, 1.54) is 31.9 Å². The summed E-state index contributed by atoms with van der Waals surface area (Å²) in [6.45, 7) is 1.40. The highest BCUT2D eigenvalue weighted by molar-refractivity contribution is 7.88. The highest BCUT2D eigenvalue weighted by Gasteiger charge is 2.26. The lowest BCUT2D eigenvalue weighted by molar-refractivity contribution is 0.0933. The van der Waals surface area contributed by atoms with Crippen molar-refractivity contribution in [3.63, 3.8) is 0 Å². The summed E-state index contributed by atoms with van der Waals surface area (Å²) in [5, 5.41) is 9.84. The molecular weight excluding hydrogens is 514 g/mol. The van der Waals surface area contributed by atoms with Gasteiger partial charge in [0.05, 0.1) is 18.0 Å². The molecule has 38 heavy (non-hydrogen) atoms. The van der Waals surface area contributed by atoms with Crippen molar-refractivity contribution in [1.29, 1.82) is 0 Å². The number of aromatic nitrogens is 4. The topological polar surface area (TPSA) is 161 Å². The third-order valence-electron chi connectivity index (χ3n) is 6.73. The van der Waals surface area contributed by atoms with Crippen LogP contribution >= 0.6 is 0 Å². The quantitative estimate of drug-likeness (QED) is 0.342. The zero-order chi connectivity index (χ0) is 27.0. The van der Waals surface area contributed by atoms with Crippen LogP contribution in [0.25, 0.3) is 16.7 Å². The second kappa shape index (κ2) is 10.0. The number of benzene rings is 1. The molecule has 0 saturated carbocycles. The zero-order valence-corrected chi connectivity index (χ0v) is 21.7. The average Bonchev–Trinajstić information content (AvgIpc) is 3.49. The molecular formula is C24H27N7O6S. The summed E-state index contributed by atoms with van der Waals surface area (Å²) in [5.41, 5.74) is 2.39. The van der Waals surface area contributed by atoms with Crippen molar-refractivity contribution in [1.82, 2.24) is 34.1 Å². The largest absolute Gasteiger partial charge is 0.419 e. The van der Waals surface area contributed by atoms with E-state index in [4.69, 9.17) is 4.42 Å². The molecule has 1 aromatic carbocycles. The number of amides is 2. The first-order chi connectivity index (χ1) is 18.1. The Morgan fingerprint density at radius 3 is 2.61 bits per heavy atom. The fraction of sp³-hybridized carbons (Fsp3) is 0.375. The molecule has 1 saturated heterocycles. The number of hydrogen-bond acceptors (Lipinski definition) is 8. The van der Waals surface area contributed by atoms with Gasteiger partial charge in [-0.05, 0) is 36.5 Å². The molecule has 2 N–H and O–H groups in total. The lowest BCUT2D eigenvalue weighted by atomic mass is 9.98. The van der Waals surface area contributed by atoms with Crippen molar-refractivity contribution in [3.8, 4) is 0 Å². The van der Waals surface area contributed by atoms with Crippen LogP contribution in [0.2, 0.25) is 0 Å². The minimum absolute atomic E-state index is 0.0569. The molecule has 14 heteroatoms. The lowest BCUT2D eigenvalue weighted by Crippen LogP contribution is -2.41. The van der Waals surface area contributed by atoms with Crippen molar-refractivity contribution in [2.24, 2.45) is 13.0 Å². The van der Waals surface area contributed by atoms with Gasteiger partial charge in [-0.3, -0.25) is 14.2 Å². The molecule has 1 fully saturated rings. The van der Waals surface area contributed by atoms with Gasteiger partial charge in [0.1, 0.15) is 11.4 Å². The number of piperidine rings is 1. The van der Waals surface area contributed by atoms with E-state index < -0.39 is 27.6 Å². The standard InChI is InChI=1S/C24H27N7O6S/c1-29-18-11-16(3-4-20(18)37-24(29)34)14-25-22(32)17-12-19(31-21(28-17)5-8-27-31)23(33)26-13-15-6-9-30(10-7-15)38(2,35)36/h3-5,8,11-12,15H,6-7,9-10,13-14H2,1-2H3,(H,25,32)(H,26,33). The number of sulfonamides is 1. The normalized spacial score (nSPS) is 15.2. The van der Waals surface area contributed by atoms with Crippen molar-refractivity contribution < 1.29 is 22.4 Å². The van der Waals surface area contributed by atoms with Crippen molar-refractivity contribution in [2.45, 2.75) is 19.4 Å². The van der Waals surface area contributed by atoms with E-state index in [-0.39, 0.29) is 23.9 Å². The molecule has 0 spiro atoms. The van der Waals surface area contributed by atoms with Crippen LogP contribution in [-0.2, 0) is 23.6 Å². The van der Waals surface area contributed by atoms with Gasteiger partial charge in [-0.15, -0.1) is 0 Å². The van der Waals surface area contributed by atoms with Gasteiger partial charge in [-0.1, -0.05) is 6.07 Å². The first kappa shape index (κ1) is 25.6. The number of carbonyl (C=O) groups excluding carboxylic acids is 2. The second-order valence-electron chi connectivity index (χ2n) is 9.36. The molecule has 1 aliphatic rings. The molecule has 0 aliphatic carbocycles. The van der Waals surface area contributed by atoms with Crippen molar-refractivity contribution in [2.75, 3.05) is 25.9 Å². The van der Waals surface area contributed by atoms with Crippen LogP contribution in [0.15, 0.2) is 45.7 Å². The van der Waals surface area contributed by atoms with E-state index in [2.05, 4.69) is 20.7 Å². The summed E-state index contributed by atoms with van der Waals surface area (Å²) in [5.74, 6) is -1.21. The van der Waals surface area contributed by atoms with Gasteiger partial charge in [-0.2, -0.15) is 5.10 Å². The number of oxazole rings is 1. The molecule has 4 heterocycles. The summed E-state index contributed by atoms with van der Waals surface area (Å²) >= 11 is 0. The highest BCUT2D eigenvalue weighted by atomic mass is 32.2. The summed E-state index contributed by atoms with van der Waals surface area (Å²) in [4.78, 5) is 42.0. The fourth-order valence-electron chi connectivity index (χ4n) is 4.52. The third-order valence-corrected chi connectivity index (χ3v) is 8.03. The number of nitrogens with one attached hydrogen (secondary N) is 2. The van der Waals surface area contributed by atoms with Crippen LogP contribution in [0, 0.1) is 5.92 Å². The molecule has 0 unspecified atom stereocenters. The number of rotatable bonds is 7. The molecule has 0 radical (unpaired) electrons. The number of nitrogens with zero attached hydrogens (tertiary/aromatic N) is 5. The fourth-order valence-corrected chi connectivity index (χ4v) is 5.39. The predicted molar refractivity (Wildman–Crippen MR) is 137 cm³/mol. The number of carbonyl (C=O) groups is 2. The van der Waals surface area contributed by atoms with E-state index in [0.29, 0.717) is 49.2 Å². The van der Waals surface area contributed by atoms with Gasteiger partial charge in [0, 0.05) is 45.4 Å². The van der Waals surface area contributed by atoms with E-state index in [0.717, 1.165) is 5.56 Å². The SMILES string of the molecule is Cn1c(=O)oc2ccc(CNC(=O)c3cc(C(=O)NCC4CCN(S(C)(=O)=O)CC4)n4nccc4n3)cc21. The van der Waals surface area contributed by atoms with Gasteiger partial charge >= 0.3 is 5.76 Å². The van der Waals surface area contributed by atoms with Gasteiger partial charge in [0.2, 0.25) is 10.0 Å². The van der Waals surface area contributed by atoms with E-state index in [1.807, 2.05) is 0 Å². The Labute approximate surface area is 217 Å². The van der Waals surface area contributed by atoms with E-state index >= 15 is 0 Å². The van der Waals surface area contributed by atoms with Crippen LogP contribution in [0.3, 0.4) is 0 Å². The molecule has 200 valence electrons. The lowest BCUT2D eigenvalue weighted by Gasteiger charge is -2.30. The summed E-state index contributed by atoms with van der Waals surface area (Å²) in [6.07, 6.45) is 3.98. The Kier molecular flexibility index (Phi) is 6.75. The van der Waals surface area contributed by atoms with Gasteiger partial charge in [-0.25, -0.2) is 27.0 Å². The van der Waals surface area contributed by atoms with E-state index in [9.17, 15) is 22.8 Å². The third kappa shape index (κ3) is 5.17. The zero-order valence-electron chi connectivity index (χ0n) is 20.9. The maximum atomic E-state index is 13.1. The van der Waals surface area contributed by atoms with E-state index in [1.54, 1.807) is 31.3 Å².